The molecule has 1 atom stereocenters. The van der Waals surface area contributed by atoms with Crippen LogP contribution in [0.4, 0.5) is 5.69 Å². The molecular formula is C11H13N5O2S. The minimum atomic E-state index is -0.392. The van der Waals surface area contributed by atoms with E-state index in [0.29, 0.717) is 11.7 Å². The first-order valence-corrected chi connectivity index (χ1v) is 6.67. The van der Waals surface area contributed by atoms with Gasteiger partial charge >= 0.3 is 0 Å². The van der Waals surface area contributed by atoms with Crippen molar-refractivity contribution in [2.45, 2.75) is 30.8 Å². The van der Waals surface area contributed by atoms with E-state index in [4.69, 9.17) is 0 Å². The lowest BCUT2D eigenvalue weighted by atomic mass is 10.1. The number of hydrogen-bond acceptors (Lipinski definition) is 6. The molecule has 0 aliphatic rings. The normalized spacial score (nSPS) is 12.3. The zero-order valence-electron chi connectivity index (χ0n) is 10.6. The van der Waals surface area contributed by atoms with Gasteiger partial charge in [-0.2, -0.15) is 0 Å². The second kappa shape index (κ2) is 5.79. The number of rotatable bonds is 5. The average Bonchev–Trinajstić information content (AvgIpc) is 2.86. The largest absolute Gasteiger partial charge is 0.269 e. The van der Waals surface area contributed by atoms with Gasteiger partial charge < -0.3 is 0 Å². The highest BCUT2D eigenvalue weighted by molar-refractivity contribution is 7.99. The molecule has 0 aliphatic heterocycles. The summed E-state index contributed by atoms with van der Waals surface area (Å²) in [7, 11) is 0. The zero-order chi connectivity index (χ0) is 13.8. The standard InChI is InChI=1S/C11H13N5O2S/c1-3-15-11(12-13-14-15)19-8(2)9-5-4-6-10(7-9)16(17)18/h4-8H,3H2,1-2H3/t8-/m1/s1. The summed E-state index contributed by atoms with van der Waals surface area (Å²) in [4.78, 5) is 10.4. The Morgan fingerprint density at radius 1 is 1.53 bits per heavy atom. The van der Waals surface area contributed by atoms with E-state index in [9.17, 15) is 10.1 Å². The lowest BCUT2D eigenvalue weighted by Gasteiger charge is -2.10. The average molecular weight is 279 g/mol. The van der Waals surface area contributed by atoms with Gasteiger partial charge in [-0.05, 0) is 29.8 Å². The molecule has 0 aliphatic carbocycles. The molecule has 0 fully saturated rings. The van der Waals surface area contributed by atoms with Crippen LogP contribution in [-0.2, 0) is 6.54 Å². The topological polar surface area (TPSA) is 86.7 Å². The van der Waals surface area contributed by atoms with Gasteiger partial charge in [0.15, 0.2) is 0 Å². The molecule has 100 valence electrons. The predicted octanol–water partition coefficient (Wildman–Crippen LogP) is 2.45. The van der Waals surface area contributed by atoms with Gasteiger partial charge in [0.25, 0.3) is 5.69 Å². The highest BCUT2D eigenvalue weighted by Crippen LogP contribution is 2.34. The Balaban J connectivity index is 2.18. The van der Waals surface area contributed by atoms with Gasteiger partial charge in [0, 0.05) is 23.9 Å². The molecule has 2 aromatic rings. The molecule has 8 heteroatoms. The predicted molar refractivity (Wildman–Crippen MR) is 70.9 cm³/mol. The van der Waals surface area contributed by atoms with E-state index >= 15 is 0 Å². The molecule has 2 rings (SSSR count). The van der Waals surface area contributed by atoms with Gasteiger partial charge in [0.2, 0.25) is 5.16 Å². The third-order valence-corrected chi connectivity index (χ3v) is 3.76. The second-order valence-electron chi connectivity index (χ2n) is 3.89. The Bertz CT molecular complexity index is 586. The fourth-order valence-corrected chi connectivity index (χ4v) is 2.57. The molecule has 7 nitrogen and oxygen atoms in total. The maximum atomic E-state index is 10.8. The van der Waals surface area contributed by atoms with Gasteiger partial charge in [0.05, 0.1) is 4.92 Å². The van der Waals surface area contributed by atoms with E-state index < -0.39 is 4.92 Å². The summed E-state index contributed by atoms with van der Waals surface area (Å²) in [5.74, 6) is 0. The number of non-ortho nitro benzene ring substituents is 1. The van der Waals surface area contributed by atoms with Crippen molar-refractivity contribution >= 4 is 17.4 Å². The molecule has 1 aromatic carbocycles. The van der Waals surface area contributed by atoms with Gasteiger partial charge in [-0.3, -0.25) is 10.1 Å². The first-order valence-electron chi connectivity index (χ1n) is 5.79. The maximum Gasteiger partial charge on any atom is 0.269 e. The third-order valence-electron chi connectivity index (χ3n) is 2.63. The first kappa shape index (κ1) is 13.5. The highest BCUT2D eigenvalue weighted by Gasteiger charge is 2.15. The monoisotopic (exact) mass is 279 g/mol. The molecular weight excluding hydrogens is 266 g/mol. The quantitative estimate of drug-likeness (QED) is 0.474. The number of tetrazole rings is 1. The second-order valence-corrected chi connectivity index (χ2v) is 5.20. The maximum absolute atomic E-state index is 10.8. The molecule has 0 radical (unpaired) electrons. The lowest BCUT2D eigenvalue weighted by molar-refractivity contribution is -0.384. The number of hydrogen-bond donors (Lipinski definition) is 0. The van der Waals surface area contributed by atoms with Gasteiger partial charge in [0.1, 0.15) is 0 Å². The van der Waals surface area contributed by atoms with Crippen LogP contribution in [0.15, 0.2) is 29.4 Å². The Morgan fingerprint density at radius 2 is 2.32 bits per heavy atom. The van der Waals surface area contributed by atoms with Crippen molar-refractivity contribution in [1.29, 1.82) is 0 Å². The molecule has 19 heavy (non-hydrogen) atoms. The number of thioether (sulfide) groups is 1. The molecule has 0 saturated carbocycles. The molecule has 0 N–H and O–H groups in total. The van der Waals surface area contributed by atoms with E-state index in [1.807, 2.05) is 19.9 Å². The van der Waals surface area contributed by atoms with Gasteiger partial charge in [-0.1, -0.05) is 23.9 Å². The van der Waals surface area contributed by atoms with Gasteiger partial charge in [-0.25, -0.2) is 4.68 Å². The van der Waals surface area contributed by atoms with Crippen molar-refractivity contribution in [3.63, 3.8) is 0 Å². The zero-order valence-corrected chi connectivity index (χ0v) is 11.4. The highest BCUT2D eigenvalue weighted by atomic mass is 32.2. The van der Waals surface area contributed by atoms with Crippen molar-refractivity contribution in [3.8, 4) is 0 Å². The van der Waals surface area contributed by atoms with E-state index in [0.717, 1.165) is 5.56 Å². The summed E-state index contributed by atoms with van der Waals surface area (Å²) in [5.41, 5.74) is 0.977. The Hall–Kier alpha value is -1.96. The smallest absolute Gasteiger partial charge is 0.258 e. The third kappa shape index (κ3) is 3.08. The molecule has 0 unspecified atom stereocenters. The van der Waals surface area contributed by atoms with Crippen LogP contribution >= 0.6 is 11.8 Å². The number of aromatic nitrogens is 4. The summed E-state index contributed by atoms with van der Waals surface area (Å²) in [5, 5.41) is 22.9. The Morgan fingerprint density at radius 3 is 3.00 bits per heavy atom. The number of nitrogens with zero attached hydrogens (tertiary/aromatic N) is 5. The minimum absolute atomic E-state index is 0.0381. The number of aryl methyl sites for hydroxylation is 1. The van der Waals surface area contributed by atoms with Crippen molar-refractivity contribution in [1.82, 2.24) is 20.2 Å². The van der Waals surface area contributed by atoms with E-state index in [-0.39, 0.29) is 10.9 Å². The van der Waals surface area contributed by atoms with Crippen LogP contribution in [0.1, 0.15) is 24.7 Å². The van der Waals surface area contributed by atoms with Crippen molar-refractivity contribution in [2.75, 3.05) is 0 Å². The molecule has 0 amide bonds. The van der Waals surface area contributed by atoms with Crippen LogP contribution in [0.2, 0.25) is 0 Å². The molecule has 0 bridgehead atoms. The SMILES string of the molecule is CCn1nnnc1S[C@H](C)c1cccc([N+](=O)[O-])c1. The summed E-state index contributed by atoms with van der Waals surface area (Å²) in [6, 6.07) is 6.62. The molecule has 1 aromatic heterocycles. The van der Waals surface area contributed by atoms with Crippen molar-refractivity contribution < 1.29 is 4.92 Å². The van der Waals surface area contributed by atoms with Crippen LogP contribution in [0.25, 0.3) is 0 Å². The van der Waals surface area contributed by atoms with Crippen molar-refractivity contribution in [2.24, 2.45) is 0 Å². The van der Waals surface area contributed by atoms with Crippen LogP contribution < -0.4 is 0 Å². The lowest BCUT2D eigenvalue weighted by Crippen LogP contribution is -2.00. The summed E-state index contributed by atoms with van der Waals surface area (Å²) >= 11 is 1.48. The van der Waals surface area contributed by atoms with Crippen LogP contribution in [0.3, 0.4) is 0 Å². The van der Waals surface area contributed by atoms with Crippen LogP contribution in [0.5, 0.6) is 0 Å². The summed E-state index contributed by atoms with van der Waals surface area (Å²) in [6.45, 7) is 4.62. The number of nitro groups is 1. The Labute approximate surface area is 114 Å². The Kier molecular flexibility index (Phi) is 4.10. The molecule has 0 spiro atoms. The summed E-state index contributed by atoms with van der Waals surface area (Å²) < 4.78 is 1.69. The first-order chi connectivity index (χ1) is 9.11. The minimum Gasteiger partial charge on any atom is -0.258 e. The number of benzene rings is 1. The fourth-order valence-electron chi connectivity index (χ4n) is 1.60. The summed E-state index contributed by atoms with van der Waals surface area (Å²) in [6.07, 6.45) is 0. The number of nitro benzene ring substituents is 1. The molecule has 0 saturated heterocycles. The van der Waals surface area contributed by atoms with Crippen molar-refractivity contribution in [3.05, 3.63) is 39.9 Å². The van der Waals surface area contributed by atoms with Crippen LogP contribution in [0, 0.1) is 10.1 Å². The van der Waals surface area contributed by atoms with E-state index in [1.54, 1.807) is 16.8 Å². The van der Waals surface area contributed by atoms with Crippen LogP contribution in [-0.4, -0.2) is 25.1 Å². The fraction of sp³-hybridized carbons (Fsp3) is 0.364. The van der Waals surface area contributed by atoms with Gasteiger partial charge in [-0.15, -0.1) is 5.10 Å². The van der Waals surface area contributed by atoms with E-state index in [2.05, 4.69) is 15.5 Å². The van der Waals surface area contributed by atoms with E-state index in [1.165, 1.54) is 17.8 Å². The molecule has 1 heterocycles.